The summed E-state index contributed by atoms with van der Waals surface area (Å²) in [7, 11) is 0. The normalized spacial score (nSPS) is 11.3. The SMILES string of the molecule is CCCCCc1ccc(-c2ccc(CCC(CO)CO)cc2CC)c(F)c1. The van der Waals surface area contributed by atoms with Gasteiger partial charge in [-0.05, 0) is 60.4 Å². The Labute approximate surface area is 163 Å². The van der Waals surface area contributed by atoms with Gasteiger partial charge in [0.25, 0.3) is 0 Å². The zero-order valence-corrected chi connectivity index (χ0v) is 16.7. The molecule has 0 fully saturated rings. The smallest absolute Gasteiger partial charge is 0.131 e. The van der Waals surface area contributed by atoms with Gasteiger partial charge in [0.1, 0.15) is 5.82 Å². The number of hydrogen-bond acceptors (Lipinski definition) is 2. The molecule has 0 unspecified atom stereocenters. The zero-order chi connectivity index (χ0) is 19.6. The molecular formula is C24H33FO2. The quantitative estimate of drug-likeness (QED) is 0.524. The van der Waals surface area contributed by atoms with E-state index in [0.29, 0.717) is 5.56 Å². The van der Waals surface area contributed by atoms with Crippen molar-refractivity contribution in [2.45, 2.75) is 58.8 Å². The molecule has 148 valence electrons. The second-order valence-electron chi connectivity index (χ2n) is 7.39. The summed E-state index contributed by atoms with van der Waals surface area (Å²) in [6.07, 6.45) is 6.77. The van der Waals surface area contributed by atoms with Crippen molar-refractivity contribution in [3.05, 3.63) is 58.9 Å². The van der Waals surface area contributed by atoms with Gasteiger partial charge in [-0.2, -0.15) is 0 Å². The summed E-state index contributed by atoms with van der Waals surface area (Å²) >= 11 is 0. The van der Waals surface area contributed by atoms with Crippen molar-refractivity contribution in [3.8, 4) is 11.1 Å². The third-order valence-electron chi connectivity index (χ3n) is 5.30. The fourth-order valence-corrected chi connectivity index (χ4v) is 3.48. The molecule has 0 saturated carbocycles. The minimum atomic E-state index is -0.146. The van der Waals surface area contributed by atoms with E-state index in [1.54, 1.807) is 6.07 Å². The van der Waals surface area contributed by atoms with E-state index < -0.39 is 0 Å². The average molecular weight is 373 g/mol. The molecule has 0 aliphatic carbocycles. The molecule has 2 aromatic carbocycles. The summed E-state index contributed by atoms with van der Waals surface area (Å²) in [5.74, 6) is -0.223. The summed E-state index contributed by atoms with van der Waals surface area (Å²) in [6.45, 7) is 4.27. The van der Waals surface area contributed by atoms with Crippen molar-refractivity contribution in [1.82, 2.24) is 0 Å². The van der Waals surface area contributed by atoms with E-state index in [-0.39, 0.29) is 24.9 Å². The molecule has 0 aliphatic rings. The van der Waals surface area contributed by atoms with Crippen LogP contribution in [0.15, 0.2) is 36.4 Å². The van der Waals surface area contributed by atoms with Crippen LogP contribution in [0.25, 0.3) is 11.1 Å². The van der Waals surface area contributed by atoms with E-state index in [0.717, 1.165) is 48.8 Å². The zero-order valence-electron chi connectivity index (χ0n) is 16.7. The van der Waals surface area contributed by atoms with Gasteiger partial charge in [-0.25, -0.2) is 4.39 Å². The highest BCUT2D eigenvalue weighted by Gasteiger charge is 2.12. The third-order valence-corrected chi connectivity index (χ3v) is 5.30. The highest BCUT2D eigenvalue weighted by molar-refractivity contribution is 5.69. The predicted molar refractivity (Wildman–Crippen MR) is 110 cm³/mol. The minimum absolute atomic E-state index is 0.00499. The Balaban J connectivity index is 2.17. The van der Waals surface area contributed by atoms with Crippen molar-refractivity contribution in [2.24, 2.45) is 5.92 Å². The number of benzene rings is 2. The first-order valence-electron chi connectivity index (χ1n) is 10.2. The summed E-state index contributed by atoms with van der Waals surface area (Å²) in [4.78, 5) is 0. The van der Waals surface area contributed by atoms with Gasteiger partial charge in [-0.1, -0.05) is 57.0 Å². The second-order valence-corrected chi connectivity index (χ2v) is 7.39. The molecule has 27 heavy (non-hydrogen) atoms. The molecule has 0 aromatic heterocycles. The van der Waals surface area contributed by atoms with E-state index in [2.05, 4.69) is 26.0 Å². The largest absolute Gasteiger partial charge is 0.396 e. The molecule has 0 heterocycles. The van der Waals surface area contributed by atoms with Gasteiger partial charge in [0.15, 0.2) is 0 Å². The number of aliphatic hydroxyl groups excluding tert-OH is 2. The Morgan fingerprint density at radius 3 is 2.11 bits per heavy atom. The van der Waals surface area contributed by atoms with Crippen LogP contribution in [0, 0.1) is 11.7 Å². The maximum Gasteiger partial charge on any atom is 0.131 e. The van der Waals surface area contributed by atoms with Gasteiger partial charge in [-0.3, -0.25) is 0 Å². The topological polar surface area (TPSA) is 40.5 Å². The first-order chi connectivity index (χ1) is 13.1. The van der Waals surface area contributed by atoms with E-state index in [4.69, 9.17) is 0 Å². The van der Waals surface area contributed by atoms with Crippen LogP contribution in [0.5, 0.6) is 0 Å². The highest BCUT2D eigenvalue weighted by Crippen LogP contribution is 2.29. The molecule has 2 aromatic rings. The summed E-state index contributed by atoms with van der Waals surface area (Å²) < 4.78 is 14.8. The summed E-state index contributed by atoms with van der Waals surface area (Å²) in [5, 5.41) is 18.4. The van der Waals surface area contributed by atoms with E-state index in [1.807, 2.05) is 18.2 Å². The molecule has 0 bridgehead atoms. The molecule has 0 spiro atoms. The highest BCUT2D eigenvalue weighted by atomic mass is 19.1. The number of aryl methyl sites for hydroxylation is 3. The average Bonchev–Trinajstić information content (AvgIpc) is 2.69. The Morgan fingerprint density at radius 1 is 0.852 bits per heavy atom. The van der Waals surface area contributed by atoms with Crippen LogP contribution in [-0.2, 0) is 19.3 Å². The first kappa shape index (κ1) is 21.6. The molecule has 0 aliphatic heterocycles. The Hall–Kier alpha value is -1.71. The van der Waals surface area contributed by atoms with Gasteiger partial charge in [0.05, 0.1) is 0 Å². The lowest BCUT2D eigenvalue weighted by atomic mass is 9.92. The molecule has 2 nitrogen and oxygen atoms in total. The first-order valence-corrected chi connectivity index (χ1v) is 10.2. The lowest BCUT2D eigenvalue weighted by Gasteiger charge is -2.14. The fraction of sp³-hybridized carbons (Fsp3) is 0.500. The Morgan fingerprint density at radius 2 is 1.52 bits per heavy atom. The summed E-state index contributed by atoms with van der Waals surface area (Å²) in [5.41, 5.74) is 4.99. The van der Waals surface area contributed by atoms with Crippen molar-refractivity contribution in [1.29, 1.82) is 0 Å². The van der Waals surface area contributed by atoms with Crippen LogP contribution in [-0.4, -0.2) is 23.4 Å². The van der Waals surface area contributed by atoms with E-state index in [1.165, 1.54) is 18.4 Å². The van der Waals surface area contributed by atoms with Gasteiger partial charge in [0.2, 0.25) is 0 Å². The monoisotopic (exact) mass is 372 g/mol. The number of halogens is 1. The predicted octanol–water partition coefficient (Wildman–Crippen LogP) is 5.32. The Bertz CT molecular complexity index is 708. The van der Waals surface area contributed by atoms with Crippen molar-refractivity contribution >= 4 is 0 Å². The number of hydrogen-bond donors (Lipinski definition) is 2. The van der Waals surface area contributed by atoms with Crippen LogP contribution in [0.4, 0.5) is 4.39 Å². The molecule has 2 N–H and O–H groups in total. The third kappa shape index (κ3) is 6.15. The lowest BCUT2D eigenvalue weighted by molar-refractivity contribution is 0.144. The molecule has 0 atom stereocenters. The van der Waals surface area contributed by atoms with E-state index in [9.17, 15) is 14.6 Å². The standard InChI is InChI=1S/C24H33FO2/c1-3-5-6-7-18-11-13-23(24(25)15-18)22-12-10-19(14-21(22)4-2)8-9-20(16-26)17-27/h10-15,20,26-27H,3-9,16-17H2,1-2H3. The molecular weight excluding hydrogens is 339 g/mol. The van der Waals surface area contributed by atoms with Crippen molar-refractivity contribution < 1.29 is 14.6 Å². The molecule has 3 heteroatoms. The van der Waals surface area contributed by atoms with Crippen LogP contribution in [0.1, 0.15) is 56.2 Å². The van der Waals surface area contributed by atoms with Gasteiger partial charge >= 0.3 is 0 Å². The summed E-state index contributed by atoms with van der Waals surface area (Å²) in [6, 6.07) is 11.8. The fourth-order valence-electron chi connectivity index (χ4n) is 3.48. The number of rotatable bonds is 11. The molecule has 0 amide bonds. The van der Waals surface area contributed by atoms with Gasteiger partial charge in [0, 0.05) is 24.7 Å². The lowest BCUT2D eigenvalue weighted by Crippen LogP contribution is -2.12. The van der Waals surface area contributed by atoms with Crippen LogP contribution >= 0.6 is 0 Å². The van der Waals surface area contributed by atoms with Gasteiger partial charge < -0.3 is 10.2 Å². The van der Waals surface area contributed by atoms with E-state index >= 15 is 0 Å². The molecule has 0 saturated heterocycles. The maximum atomic E-state index is 14.8. The van der Waals surface area contributed by atoms with Crippen LogP contribution < -0.4 is 0 Å². The van der Waals surface area contributed by atoms with Crippen molar-refractivity contribution in [2.75, 3.05) is 13.2 Å². The van der Waals surface area contributed by atoms with Crippen LogP contribution in [0.2, 0.25) is 0 Å². The second kappa shape index (κ2) is 11.2. The minimum Gasteiger partial charge on any atom is -0.396 e. The molecule has 0 radical (unpaired) electrons. The van der Waals surface area contributed by atoms with Crippen molar-refractivity contribution in [3.63, 3.8) is 0 Å². The maximum absolute atomic E-state index is 14.8. The van der Waals surface area contributed by atoms with Crippen LogP contribution in [0.3, 0.4) is 0 Å². The Kier molecular flexibility index (Phi) is 8.96. The molecule has 2 rings (SSSR count). The van der Waals surface area contributed by atoms with Gasteiger partial charge in [-0.15, -0.1) is 0 Å². The number of unbranched alkanes of at least 4 members (excludes halogenated alkanes) is 2. The number of aliphatic hydroxyl groups is 2.